The van der Waals surface area contributed by atoms with Crippen molar-refractivity contribution in [1.29, 1.82) is 0 Å². The first-order chi connectivity index (χ1) is 16.1. The number of aliphatic imine (C=N–C) groups is 1. The van der Waals surface area contributed by atoms with Gasteiger partial charge in [0, 0.05) is 31.9 Å². The first kappa shape index (κ1) is 26.3. The normalized spacial score (nSPS) is 18.4. The van der Waals surface area contributed by atoms with Gasteiger partial charge in [0.15, 0.2) is 5.96 Å². The molecule has 0 radical (unpaired) electrons. The monoisotopic (exact) mass is 577 g/mol. The molecule has 2 aromatic rings. The van der Waals surface area contributed by atoms with Crippen molar-refractivity contribution < 1.29 is 9.53 Å². The Morgan fingerprint density at radius 3 is 2.65 bits per heavy atom. The van der Waals surface area contributed by atoms with Crippen LogP contribution in [0.5, 0.6) is 0 Å². The molecule has 7 nitrogen and oxygen atoms in total. The molecule has 0 spiro atoms. The summed E-state index contributed by atoms with van der Waals surface area (Å²) >= 11 is 0. The van der Waals surface area contributed by atoms with E-state index in [-0.39, 0.29) is 36.1 Å². The Balaban J connectivity index is 0.00000324. The maximum absolute atomic E-state index is 12.4. The molecular formula is C26H36IN5O2. The van der Waals surface area contributed by atoms with Crippen molar-refractivity contribution in [2.24, 2.45) is 4.99 Å². The quantitative estimate of drug-likeness (QED) is 0.305. The Bertz CT molecular complexity index is 977. The Labute approximate surface area is 220 Å². The topological polar surface area (TPSA) is 69.2 Å². The maximum atomic E-state index is 12.4. The molecule has 0 saturated carbocycles. The lowest BCUT2D eigenvalue weighted by atomic mass is 10.0. The number of benzene rings is 2. The molecule has 1 atom stereocenters. The Morgan fingerprint density at radius 2 is 1.88 bits per heavy atom. The first-order valence-corrected chi connectivity index (χ1v) is 12.0. The van der Waals surface area contributed by atoms with Gasteiger partial charge < -0.3 is 25.2 Å². The van der Waals surface area contributed by atoms with E-state index < -0.39 is 0 Å². The highest BCUT2D eigenvalue weighted by Gasteiger charge is 2.25. The predicted octanol–water partition coefficient (Wildman–Crippen LogP) is 4.78. The van der Waals surface area contributed by atoms with Gasteiger partial charge in [-0.1, -0.05) is 36.4 Å². The van der Waals surface area contributed by atoms with E-state index in [1.165, 1.54) is 11.1 Å². The third-order valence-electron chi connectivity index (χ3n) is 6.22. The summed E-state index contributed by atoms with van der Waals surface area (Å²) in [7, 11) is 0. The number of hydrogen-bond acceptors (Lipinski definition) is 3. The number of carbonyl (C=O) groups excluding carboxylic acids is 1. The molecule has 2 saturated heterocycles. The van der Waals surface area contributed by atoms with Crippen LogP contribution in [-0.2, 0) is 11.3 Å². The lowest BCUT2D eigenvalue weighted by Crippen LogP contribution is -2.48. The fourth-order valence-electron chi connectivity index (χ4n) is 4.44. The van der Waals surface area contributed by atoms with Gasteiger partial charge in [0.25, 0.3) is 0 Å². The number of aryl methyl sites for hydroxylation is 1. The molecule has 34 heavy (non-hydrogen) atoms. The molecule has 8 heteroatoms. The molecule has 4 rings (SSSR count). The van der Waals surface area contributed by atoms with E-state index >= 15 is 0 Å². The number of rotatable bonds is 5. The smallest absolute Gasteiger partial charge is 0.321 e. The van der Waals surface area contributed by atoms with Gasteiger partial charge in [0.1, 0.15) is 6.10 Å². The van der Waals surface area contributed by atoms with Gasteiger partial charge >= 0.3 is 6.03 Å². The number of ether oxygens (including phenoxy) is 1. The summed E-state index contributed by atoms with van der Waals surface area (Å²) < 4.78 is 6.09. The molecule has 0 aromatic heterocycles. The van der Waals surface area contributed by atoms with E-state index in [1.807, 2.05) is 29.2 Å². The number of nitrogens with zero attached hydrogens (tertiary/aromatic N) is 3. The van der Waals surface area contributed by atoms with Crippen LogP contribution in [-0.4, -0.2) is 61.1 Å². The summed E-state index contributed by atoms with van der Waals surface area (Å²) in [4.78, 5) is 21.5. The van der Waals surface area contributed by atoms with Crippen molar-refractivity contribution in [1.82, 2.24) is 15.1 Å². The van der Waals surface area contributed by atoms with Crippen LogP contribution < -0.4 is 10.6 Å². The van der Waals surface area contributed by atoms with Crippen LogP contribution in [0.15, 0.2) is 53.5 Å². The summed E-state index contributed by atoms with van der Waals surface area (Å²) in [6.07, 6.45) is 2.21. The molecule has 2 aliphatic heterocycles. The molecular weight excluding hydrogens is 541 g/mol. The third-order valence-corrected chi connectivity index (χ3v) is 6.22. The van der Waals surface area contributed by atoms with Gasteiger partial charge in [-0.2, -0.15) is 0 Å². The van der Waals surface area contributed by atoms with E-state index in [1.54, 1.807) is 0 Å². The van der Waals surface area contributed by atoms with Crippen LogP contribution in [0.25, 0.3) is 0 Å². The SMILES string of the molecule is CCNC(=NCc1cccc(NC(=O)N2CCCC2)c1)N1CCOC(c2ccccc2C)C1.I. The Kier molecular flexibility index (Phi) is 10.0. The summed E-state index contributed by atoms with van der Waals surface area (Å²) in [5.74, 6) is 0.894. The molecule has 2 amide bonds. The summed E-state index contributed by atoms with van der Waals surface area (Å²) in [5.41, 5.74) is 4.36. The number of likely N-dealkylation sites (tertiary alicyclic amines) is 1. The van der Waals surface area contributed by atoms with Gasteiger partial charge in [-0.25, -0.2) is 9.79 Å². The van der Waals surface area contributed by atoms with Gasteiger partial charge in [-0.05, 0) is 55.5 Å². The lowest BCUT2D eigenvalue weighted by molar-refractivity contribution is -0.00834. The number of amides is 2. The van der Waals surface area contributed by atoms with Crippen LogP contribution in [0, 0.1) is 6.92 Å². The highest BCUT2D eigenvalue weighted by atomic mass is 127. The second kappa shape index (κ2) is 12.9. The fourth-order valence-corrected chi connectivity index (χ4v) is 4.44. The van der Waals surface area contributed by atoms with Crippen molar-refractivity contribution >= 4 is 41.7 Å². The van der Waals surface area contributed by atoms with E-state index in [4.69, 9.17) is 9.73 Å². The highest BCUT2D eigenvalue weighted by Crippen LogP contribution is 2.25. The number of guanidine groups is 1. The van der Waals surface area contributed by atoms with Crippen LogP contribution in [0.1, 0.15) is 42.6 Å². The minimum atomic E-state index is -0.0166. The molecule has 184 valence electrons. The van der Waals surface area contributed by atoms with Gasteiger partial charge in [0.05, 0.1) is 19.7 Å². The zero-order chi connectivity index (χ0) is 23.0. The second-order valence-electron chi connectivity index (χ2n) is 8.66. The number of halogens is 1. The van der Waals surface area contributed by atoms with E-state index in [2.05, 4.69) is 53.6 Å². The van der Waals surface area contributed by atoms with E-state index in [0.29, 0.717) is 13.2 Å². The zero-order valence-electron chi connectivity index (χ0n) is 20.1. The van der Waals surface area contributed by atoms with Crippen LogP contribution >= 0.6 is 24.0 Å². The molecule has 2 aromatic carbocycles. The molecule has 0 bridgehead atoms. The average Bonchev–Trinajstić information content (AvgIpc) is 3.38. The Hall–Kier alpha value is -2.33. The number of urea groups is 1. The molecule has 2 aliphatic rings. The van der Waals surface area contributed by atoms with Crippen LogP contribution in [0.2, 0.25) is 0 Å². The number of morpholine rings is 1. The lowest BCUT2D eigenvalue weighted by Gasteiger charge is -2.35. The number of nitrogens with one attached hydrogen (secondary N) is 2. The minimum absolute atomic E-state index is 0. The average molecular weight is 578 g/mol. The third kappa shape index (κ3) is 6.85. The maximum Gasteiger partial charge on any atom is 0.321 e. The van der Waals surface area contributed by atoms with E-state index in [9.17, 15) is 4.79 Å². The van der Waals surface area contributed by atoms with Crippen molar-refractivity contribution in [2.75, 3.05) is 44.6 Å². The molecule has 1 unspecified atom stereocenters. The minimum Gasteiger partial charge on any atom is -0.370 e. The summed E-state index contributed by atoms with van der Waals surface area (Å²) in [6.45, 7) is 9.48. The Morgan fingerprint density at radius 1 is 1.09 bits per heavy atom. The fraction of sp³-hybridized carbons (Fsp3) is 0.462. The van der Waals surface area contributed by atoms with Crippen molar-refractivity contribution in [3.8, 4) is 0 Å². The number of anilines is 1. The van der Waals surface area contributed by atoms with Crippen molar-refractivity contribution in [2.45, 2.75) is 39.3 Å². The van der Waals surface area contributed by atoms with Crippen molar-refractivity contribution in [3.63, 3.8) is 0 Å². The van der Waals surface area contributed by atoms with Gasteiger partial charge in [-0.15, -0.1) is 24.0 Å². The standard InChI is InChI=1S/C26H35N5O2.HI/c1-3-27-25(31-15-16-33-24(19-31)23-12-5-4-9-20(23)2)28-18-21-10-8-11-22(17-21)29-26(32)30-13-6-7-14-30;/h4-5,8-12,17,24H,3,6-7,13-16,18-19H2,1-2H3,(H,27,28)(H,29,32);1H. The highest BCUT2D eigenvalue weighted by molar-refractivity contribution is 14.0. The second-order valence-corrected chi connectivity index (χ2v) is 8.66. The van der Waals surface area contributed by atoms with Gasteiger partial charge in [-0.3, -0.25) is 0 Å². The van der Waals surface area contributed by atoms with Gasteiger partial charge in [0.2, 0.25) is 0 Å². The zero-order valence-corrected chi connectivity index (χ0v) is 22.5. The van der Waals surface area contributed by atoms with E-state index in [0.717, 1.165) is 62.8 Å². The van der Waals surface area contributed by atoms with Crippen molar-refractivity contribution in [3.05, 3.63) is 65.2 Å². The summed E-state index contributed by atoms with van der Waals surface area (Å²) in [5, 5.41) is 6.46. The van der Waals surface area contributed by atoms with Crippen LogP contribution in [0.3, 0.4) is 0 Å². The van der Waals surface area contributed by atoms with Crippen LogP contribution in [0.4, 0.5) is 10.5 Å². The molecule has 2 N–H and O–H groups in total. The molecule has 2 heterocycles. The molecule has 0 aliphatic carbocycles. The first-order valence-electron chi connectivity index (χ1n) is 12.0. The number of hydrogen-bond donors (Lipinski definition) is 2. The summed E-state index contributed by atoms with van der Waals surface area (Å²) in [6, 6.07) is 16.4. The largest absolute Gasteiger partial charge is 0.370 e. The number of carbonyl (C=O) groups is 1. The predicted molar refractivity (Wildman–Crippen MR) is 148 cm³/mol. The molecule has 2 fully saturated rings.